The summed E-state index contributed by atoms with van der Waals surface area (Å²) in [6.45, 7) is 8.96. The minimum absolute atomic E-state index is 0.382. The van der Waals surface area contributed by atoms with Crippen LogP contribution in [0, 0.1) is 11.3 Å². The second kappa shape index (κ2) is 7.38. The van der Waals surface area contributed by atoms with Gasteiger partial charge in [-0.2, -0.15) is 0 Å². The molecular formula is C15H31NO. The molecule has 0 aromatic heterocycles. The van der Waals surface area contributed by atoms with Gasteiger partial charge >= 0.3 is 0 Å². The third-order valence-electron chi connectivity index (χ3n) is 4.09. The average molecular weight is 241 g/mol. The zero-order valence-corrected chi connectivity index (χ0v) is 12.2. The minimum atomic E-state index is 0.382. The summed E-state index contributed by atoms with van der Waals surface area (Å²) in [4.78, 5) is 0. The summed E-state index contributed by atoms with van der Waals surface area (Å²) in [5.41, 5.74) is 0.382. The van der Waals surface area contributed by atoms with E-state index in [0.717, 1.165) is 19.1 Å². The number of rotatable bonds is 6. The molecule has 0 aromatic rings. The van der Waals surface area contributed by atoms with Crippen molar-refractivity contribution in [3.8, 4) is 0 Å². The number of ether oxygens (including phenoxy) is 1. The van der Waals surface area contributed by atoms with E-state index in [1.807, 2.05) is 0 Å². The van der Waals surface area contributed by atoms with Gasteiger partial charge in [-0.1, -0.05) is 40.0 Å². The van der Waals surface area contributed by atoms with Crippen LogP contribution in [0.1, 0.15) is 59.3 Å². The predicted octanol–water partition coefficient (Wildman–Crippen LogP) is 3.61. The summed E-state index contributed by atoms with van der Waals surface area (Å²) >= 11 is 0. The molecule has 0 aliphatic carbocycles. The molecule has 0 amide bonds. The highest BCUT2D eigenvalue weighted by molar-refractivity contribution is 4.79. The van der Waals surface area contributed by atoms with Crippen molar-refractivity contribution in [2.45, 2.75) is 65.3 Å². The first-order valence-electron chi connectivity index (χ1n) is 7.29. The fraction of sp³-hybridized carbons (Fsp3) is 1.00. The topological polar surface area (TPSA) is 21.3 Å². The average Bonchev–Trinajstić information content (AvgIpc) is 2.28. The molecule has 1 unspecified atom stereocenters. The monoisotopic (exact) mass is 241 g/mol. The van der Waals surface area contributed by atoms with Crippen LogP contribution in [0.5, 0.6) is 0 Å². The Balaban J connectivity index is 2.10. The van der Waals surface area contributed by atoms with Crippen LogP contribution >= 0.6 is 0 Å². The molecule has 1 heterocycles. The van der Waals surface area contributed by atoms with E-state index in [1.54, 1.807) is 0 Å². The summed E-state index contributed by atoms with van der Waals surface area (Å²) in [7, 11) is 2.09. The van der Waals surface area contributed by atoms with Crippen LogP contribution in [0.15, 0.2) is 0 Å². The molecule has 1 N–H and O–H groups in total. The Morgan fingerprint density at radius 2 is 1.82 bits per heavy atom. The molecule has 102 valence electrons. The summed E-state index contributed by atoms with van der Waals surface area (Å²) in [6.07, 6.45) is 8.04. The predicted molar refractivity (Wildman–Crippen MR) is 74.3 cm³/mol. The Hall–Kier alpha value is -0.0800. The largest absolute Gasteiger partial charge is 0.381 e. The Morgan fingerprint density at radius 3 is 2.35 bits per heavy atom. The van der Waals surface area contributed by atoms with Crippen molar-refractivity contribution in [1.29, 1.82) is 0 Å². The van der Waals surface area contributed by atoms with E-state index in [2.05, 4.69) is 33.1 Å². The van der Waals surface area contributed by atoms with Gasteiger partial charge in [-0.3, -0.25) is 0 Å². The molecule has 1 saturated heterocycles. The van der Waals surface area contributed by atoms with Crippen molar-refractivity contribution < 1.29 is 4.74 Å². The first-order valence-corrected chi connectivity index (χ1v) is 7.29. The molecule has 2 heteroatoms. The summed E-state index contributed by atoms with van der Waals surface area (Å²) in [6, 6.07) is 0.650. The van der Waals surface area contributed by atoms with Crippen molar-refractivity contribution in [1.82, 2.24) is 5.32 Å². The van der Waals surface area contributed by atoms with Crippen LogP contribution in [-0.2, 0) is 4.74 Å². The second-order valence-corrected chi connectivity index (χ2v) is 6.55. The lowest BCUT2D eigenvalue weighted by Crippen LogP contribution is -2.37. The molecule has 2 nitrogen and oxygen atoms in total. The minimum Gasteiger partial charge on any atom is -0.381 e. The lowest BCUT2D eigenvalue weighted by Gasteiger charge is -2.30. The van der Waals surface area contributed by atoms with Crippen LogP contribution in [0.2, 0.25) is 0 Å². The fourth-order valence-electron chi connectivity index (χ4n) is 2.83. The smallest absolute Gasteiger partial charge is 0.0468 e. The number of hydrogen-bond donors (Lipinski definition) is 1. The van der Waals surface area contributed by atoms with Crippen LogP contribution < -0.4 is 5.32 Å². The van der Waals surface area contributed by atoms with E-state index in [-0.39, 0.29) is 0 Å². The molecule has 1 atom stereocenters. The maximum absolute atomic E-state index is 5.40. The molecular weight excluding hydrogens is 210 g/mol. The lowest BCUT2D eigenvalue weighted by molar-refractivity contribution is 0.0629. The summed E-state index contributed by atoms with van der Waals surface area (Å²) < 4.78 is 5.40. The van der Waals surface area contributed by atoms with E-state index in [1.165, 1.54) is 38.5 Å². The number of nitrogens with one attached hydrogen (secondary N) is 1. The summed E-state index contributed by atoms with van der Waals surface area (Å²) in [5.74, 6) is 0.937. The molecule has 0 saturated carbocycles. The molecule has 1 rings (SSSR count). The van der Waals surface area contributed by atoms with E-state index in [9.17, 15) is 0 Å². The maximum Gasteiger partial charge on any atom is 0.0468 e. The molecule has 1 aliphatic heterocycles. The third kappa shape index (κ3) is 5.87. The molecule has 1 aliphatic rings. The van der Waals surface area contributed by atoms with E-state index >= 15 is 0 Å². The van der Waals surface area contributed by atoms with E-state index in [0.29, 0.717) is 11.5 Å². The summed E-state index contributed by atoms with van der Waals surface area (Å²) in [5, 5.41) is 3.46. The van der Waals surface area contributed by atoms with Gasteiger partial charge in [0.05, 0.1) is 0 Å². The van der Waals surface area contributed by atoms with Crippen LogP contribution in [-0.4, -0.2) is 26.3 Å². The number of unbranched alkanes of at least 4 members (excludes halogenated alkanes) is 1. The SMILES string of the molecule is CNC(CCCCC1CCOCC1)C(C)(C)C. The lowest BCUT2D eigenvalue weighted by atomic mass is 9.83. The molecule has 0 radical (unpaired) electrons. The zero-order chi connectivity index (χ0) is 12.7. The van der Waals surface area contributed by atoms with Gasteiger partial charge < -0.3 is 10.1 Å². The van der Waals surface area contributed by atoms with Gasteiger partial charge in [-0.15, -0.1) is 0 Å². The van der Waals surface area contributed by atoms with Crippen molar-refractivity contribution in [2.24, 2.45) is 11.3 Å². The maximum atomic E-state index is 5.40. The Labute approximate surface area is 108 Å². The van der Waals surface area contributed by atoms with Crippen LogP contribution in [0.3, 0.4) is 0 Å². The van der Waals surface area contributed by atoms with Crippen molar-refractivity contribution in [3.63, 3.8) is 0 Å². The van der Waals surface area contributed by atoms with E-state index < -0.39 is 0 Å². The Kier molecular flexibility index (Phi) is 6.50. The first-order chi connectivity index (χ1) is 8.04. The van der Waals surface area contributed by atoms with Gasteiger partial charge in [0.25, 0.3) is 0 Å². The van der Waals surface area contributed by atoms with Gasteiger partial charge in [0.1, 0.15) is 0 Å². The highest BCUT2D eigenvalue weighted by Crippen LogP contribution is 2.25. The quantitative estimate of drug-likeness (QED) is 0.717. The normalized spacial score (nSPS) is 20.5. The van der Waals surface area contributed by atoms with E-state index in [4.69, 9.17) is 4.74 Å². The Morgan fingerprint density at radius 1 is 1.18 bits per heavy atom. The van der Waals surface area contributed by atoms with Crippen LogP contribution in [0.4, 0.5) is 0 Å². The van der Waals surface area contributed by atoms with Gasteiger partial charge in [0, 0.05) is 19.3 Å². The molecule has 0 spiro atoms. The number of hydrogen-bond acceptors (Lipinski definition) is 2. The van der Waals surface area contributed by atoms with Crippen molar-refractivity contribution in [2.75, 3.05) is 20.3 Å². The van der Waals surface area contributed by atoms with Crippen molar-refractivity contribution in [3.05, 3.63) is 0 Å². The van der Waals surface area contributed by atoms with Crippen LogP contribution in [0.25, 0.3) is 0 Å². The van der Waals surface area contributed by atoms with Gasteiger partial charge in [0.15, 0.2) is 0 Å². The molecule has 1 fully saturated rings. The molecule has 0 aromatic carbocycles. The van der Waals surface area contributed by atoms with Gasteiger partial charge in [-0.05, 0) is 37.6 Å². The molecule has 17 heavy (non-hydrogen) atoms. The Bertz CT molecular complexity index is 192. The fourth-order valence-corrected chi connectivity index (χ4v) is 2.83. The zero-order valence-electron chi connectivity index (χ0n) is 12.2. The second-order valence-electron chi connectivity index (χ2n) is 6.55. The first kappa shape index (κ1) is 15.0. The molecule has 0 bridgehead atoms. The van der Waals surface area contributed by atoms with Gasteiger partial charge in [-0.25, -0.2) is 0 Å². The highest BCUT2D eigenvalue weighted by atomic mass is 16.5. The van der Waals surface area contributed by atoms with Gasteiger partial charge in [0.2, 0.25) is 0 Å². The highest BCUT2D eigenvalue weighted by Gasteiger charge is 2.22. The standard InChI is InChI=1S/C15H31NO/c1-15(2,3)14(16-4)8-6-5-7-13-9-11-17-12-10-13/h13-14,16H,5-12H2,1-4H3. The van der Waals surface area contributed by atoms with Crippen molar-refractivity contribution >= 4 is 0 Å². The third-order valence-corrected chi connectivity index (χ3v) is 4.09.